The fourth-order valence-electron chi connectivity index (χ4n) is 3.05. The van der Waals surface area contributed by atoms with E-state index in [1.165, 1.54) is 17.4 Å². The van der Waals surface area contributed by atoms with E-state index in [4.69, 9.17) is 0 Å². The van der Waals surface area contributed by atoms with Crippen molar-refractivity contribution in [1.29, 1.82) is 0 Å². The molecule has 0 saturated heterocycles. The monoisotopic (exact) mass is 388 g/mol. The summed E-state index contributed by atoms with van der Waals surface area (Å²) in [4.78, 5) is 16.8. The van der Waals surface area contributed by atoms with E-state index in [2.05, 4.69) is 20.9 Å². The summed E-state index contributed by atoms with van der Waals surface area (Å²) in [7, 11) is 1.72. The van der Waals surface area contributed by atoms with Crippen molar-refractivity contribution in [2.45, 2.75) is 24.7 Å². The molecule has 0 bridgehead atoms. The Morgan fingerprint density at radius 2 is 1.93 bits per heavy atom. The van der Waals surface area contributed by atoms with Gasteiger partial charge in [-0.05, 0) is 42.3 Å². The van der Waals surface area contributed by atoms with Crippen LogP contribution in [0.5, 0.6) is 0 Å². The minimum absolute atomic E-state index is 0.0342. The molecule has 144 valence electrons. The van der Waals surface area contributed by atoms with E-state index in [9.17, 15) is 9.18 Å². The summed E-state index contributed by atoms with van der Waals surface area (Å²) in [5, 5.41) is 11.3. The van der Waals surface area contributed by atoms with Crippen LogP contribution in [0.3, 0.4) is 0 Å². The third kappa shape index (κ3) is 5.07. The Morgan fingerprint density at radius 1 is 1.15 bits per heavy atom. The second-order valence-corrected chi connectivity index (χ2v) is 7.65. The summed E-state index contributed by atoms with van der Waals surface area (Å²) in [6, 6.07) is 10.7. The molecule has 3 N–H and O–H groups in total. The van der Waals surface area contributed by atoms with Crippen molar-refractivity contribution in [1.82, 2.24) is 16.0 Å². The first-order valence-electron chi connectivity index (χ1n) is 9.16. The van der Waals surface area contributed by atoms with Crippen molar-refractivity contribution in [3.63, 3.8) is 0 Å². The average Bonchev–Trinajstić information content (AvgIpc) is 3.25. The molecule has 1 heterocycles. The standard InChI is InChI=1S/C20H25FN4OS/c1-22-19(24-12-5-11-23-18(26)17-8-4-13-27-17)25-14-20(9-10-20)15-6-2-3-7-16(15)21/h2-4,6-8,13H,5,9-12,14H2,1H3,(H,23,26)(H2,22,24,25). The highest BCUT2D eigenvalue weighted by Crippen LogP contribution is 2.48. The Hall–Kier alpha value is -2.41. The van der Waals surface area contributed by atoms with Crippen LogP contribution in [-0.4, -0.2) is 38.5 Å². The van der Waals surface area contributed by atoms with Crippen LogP contribution in [0.1, 0.15) is 34.5 Å². The zero-order valence-electron chi connectivity index (χ0n) is 15.4. The van der Waals surface area contributed by atoms with Crippen molar-refractivity contribution in [3.05, 3.63) is 58.0 Å². The smallest absolute Gasteiger partial charge is 0.261 e. The molecule has 1 aromatic carbocycles. The first kappa shape index (κ1) is 19.4. The lowest BCUT2D eigenvalue weighted by Crippen LogP contribution is -2.42. The quantitative estimate of drug-likeness (QED) is 0.370. The van der Waals surface area contributed by atoms with Crippen LogP contribution in [0.4, 0.5) is 4.39 Å². The van der Waals surface area contributed by atoms with Gasteiger partial charge in [0.1, 0.15) is 5.82 Å². The molecule has 1 amide bonds. The topological polar surface area (TPSA) is 65.5 Å². The van der Waals surface area contributed by atoms with Gasteiger partial charge in [-0.3, -0.25) is 9.79 Å². The van der Waals surface area contributed by atoms with E-state index >= 15 is 0 Å². The van der Waals surface area contributed by atoms with Gasteiger partial charge in [-0.25, -0.2) is 4.39 Å². The molecule has 1 aromatic heterocycles. The van der Waals surface area contributed by atoms with Crippen LogP contribution >= 0.6 is 11.3 Å². The van der Waals surface area contributed by atoms with Crippen LogP contribution in [0.2, 0.25) is 0 Å². The lowest BCUT2D eigenvalue weighted by molar-refractivity contribution is 0.0957. The van der Waals surface area contributed by atoms with Crippen molar-refractivity contribution in [3.8, 4) is 0 Å². The molecule has 7 heteroatoms. The predicted octanol–water partition coefficient (Wildman–Crippen LogP) is 2.90. The molecule has 0 aliphatic heterocycles. The molecular weight excluding hydrogens is 363 g/mol. The fraction of sp³-hybridized carbons (Fsp3) is 0.400. The van der Waals surface area contributed by atoms with Gasteiger partial charge >= 0.3 is 0 Å². The Morgan fingerprint density at radius 3 is 2.59 bits per heavy atom. The van der Waals surface area contributed by atoms with Crippen LogP contribution in [-0.2, 0) is 5.41 Å². The van der Waals surface area contributed by atoms with Gasteiger partial charge in [0.15, 0.2) is 5.96 Å². The molecule has 1 fully saturated rings. The molecule has 3 rings (SSSR count). The maximum absolute atomic E-state index is 14.1. The number of rotatable bonds is 8. The molecule has 0 spiro atoms. The first-order valence-corrected chi connectivity index (χ1v) is 10.0. The Kier molecular flexibility index (Phi) is 6.45. The summed E-state index contributed by atoms with van der Waals surface area (Å²) in [6.07, 6.45) is 2.75. The lowest BCUT2D eigenvalue weighted by Gasteiger charge is -2.19. The number of carbonyl (C=O) groups is 1. The Labute approximate surface area is 163 Å². The van der Waals surface area contributed by atoms with Crippen LogP contribution in [0.15, 0.2) is 46.8 Å². The number of thiophene rings is 1. The second kappa shape index (κ2) is 8.99. The molecule has 0 unspecified atom stereocenters. The molecule has 2 aromatic rings. The van der Waals surface area contributed by atoms with Gasteiger partial charge in [0.05, 0.1) is 4.88 Å². The van der Waals surface area contributed by atoms with Crippen molar-refractivity contribution < 1.29 is 9.18 Å². The summed E-state index contributed by atoms with van der Waals surface area (Å²) in [6.45, 7) is 1.94. The number of hydrogen-bond acceptors (Lipinski definition) is 3. The van der Waals surface area contributed by atoms with Gasteiger partial charge in [0.2, 0.25) is 0 Å². The molecule has 1 saturated carbocycles. The van der Waals surface area contributed by atoms with E-state index < -0.39 is 0 Å². The maximum atomic E-state index is 14.1. The van der Waals surface area contributed by atoms with Gasteiger partial charge in [0, 0.05) is 32.1 Å². The molecule has 0 radical (unpaired) electrons. The van der Waals surface area contributed by atoms with Crippen LogP contribution < -0.4 is 16.0 Å². The van der Waals surface area contributed by atoms with E-state index in [0.717, 1.165) is 29.7 Å². The number of aliphatic imine (C=N–C) groups is 1. The average molecular weight is 389 g/mol. The zero-order chi connectivity index (χ0) is 19.1. The lowest BCUT2D eigenvalue weighted by atomic mass is 9.95. The van der Waals surface area contributed by atoms with E-state index in [1.807, 2.05) is 29.6 Å². The number of hydrogen-bond donors (Lipinski definition) is 3. The normalized spacial score (nSPS) is 15.3. The molecule has 5 nitrogen and oxygen atoms in total. The molecule has 1 aliphatic carbocycles. The van der Waals surface area contributed by atoms with E-state index in [-0.39, 0.29) is 17.1 Å². The third-order valence-electron chi connectivity index (χ3n) is 4.79. The van der Waals surface area contributed by atoms with Crippen molar-refractivity contribution in [2.75, 3.05) is 26.7 Å². The number of nitrogens with one attached hydrogen (secondary N) is 3. The van der Waals surface area contributed by atoms with Crippen molar-refractivity contribution >= 4 is 23.2 Å². The van der Waals surface area contributed by atoms with Crippen LogP contribution in [0, 0.1) is 5.82 Å². The number of benzene rings is 1. The van der Waals surface area contributed by atoms with E-state index in [0.29, 0.717) is 25.6 Å². The SMILES string of the molecule is CN=C(NCCCNC(=O)c1cccs1)NCC1(c2ccccc2F)CC1. The number of carbonyl (C=O) groups excluding carboxylic acids is 1. The van der Waals surface area contributed by atoms with Gasteiger partial charge in [-0.15, -0.1) is 11.3 Å². The zero-order valence-corrected chi connectivity index (χ0v) is 16.2. The summed E-state index contributed by atoms with van der Waals surface area (Å²) in [5.41, 5.74) is 0.654. The Bertz CT molecular complexity index is 787. The highest BCUT2D eigenvalue weighted by Gasteiger charge is 2.45. The molecule has 27 heavy (non-hydrogen) atoms. The highest BCUT2D eigenvalue weighted by molar-refractivity contribution is 7.12. The predicted molar refractivity (Wildman–Crippen MR) is 108 cm³/mol. The molecular formula is C20H25FN4OS. The first-order chi connectivity index (χ1) is 13.1. The highest BCUT2D eigenvalue weighted by atomic mass is 32.1. The maximum Gasteiger partial charge on any atom is 0.261 e. The van der Waals surface area contributed by atoms with Crippen LogP contribution in [0.25, 0.3) is 0 Å². The minimum Gasteiger partial charge on any atom is -0.356 e. The largest absolute Gasteiger partial charge is 0.356 e. The molecule has 0 atom stereocenters. The number of guanidine groups is 1. The molecule has 1 aliphatic rings. The number of halogens is 1. The van der Waals surface area contributed by atoms with Gasteiger partial charge in [-0.2, -0.15) is 0 Å². The number of nitrogens with zero attached hydrogens (tertiary/aromatic N) is 1. The summed E-state index contributed by atoms with van der Waals surface area (Å²) >= 11 is 1.43. The second-order valence-electron chi connectivity index (χ2n) is 6.70. The third-order valence-corrected chi connectivity index (χ3v) is 5.66. The van der Waals surface area contributed by atoms with Gasteiger partial charge in [0.25, 0.3) is 5.91 Å². The Balaban J connectivity index is 1.38. The fourth-order valence-corrected chi connectivity index (χ4v) is 3.69. The summed E-state index contributed by atoms with van der Waals surface area (Å²) < 4.78 is 14.1. The minimum atomic E-state index is -0.138. The van der Waals surface area contributed by atoms with Gasteiger partial charge < -0.3 is 16.0 Å². The summed E-state index contributed by atoms with van der Waals surface area (Å²) in [5.74, 6) is 0.525. The van der Waals surface area contributed by atoms with Crippen molar-refractivity contribution in [2.24, 2.45) is 4.99 Å². The van der Waals surface area contributed by atoms with Gasteiger partial charge in [-0.1, -0.05) is 24.3 Å². The van der Waals surface area contributed by atoms with E-state index in [1.54, 1.807) is 13.1 Å². The number of amides is 1.